The zero-order valence-corrected chi connectivity index (χ0v) is 21.1. The first kappa shape index (κ1) is 22.3. The van der Waals surface area contributed by atoms with E-state index in [0.717, 1.165) is 39.3 Å². The molecule has 3 aliphatic rings. The number of alkyl halides is 1. The molecule has 0 fully saturated rings. The van der Waals surface area contributed by atoms with E-state index in [2.05, 4.69) is 29.6 Å². The summed E-state index contributed by atoms with van der Waals surface area (Å²) in [5, 5.41) is 5.75. The minimum Gasteiger partial charge on any atom is -0.497 e. The van der Waals surface area contributed by atoms with Crippen molar-refractivity contribution in [2.75, 3.05) is 12.4 Å². The lowest BCUT2D eigenvalue weighted by Gasteiger charge is -2.54. The van der Waals surface area contributed by atoms with Gasteiger partial charge in [-0.05, 0) is 53.3 Å². The maximum absolute atomic E-state index is 13.9. The van der Waals surface area contributed by atoms with Crippen LogP contribution in [0.2, 0.25) is 0 Å². The largest absolute Gasteiger partial charge is 0.497 e. The van der Waals surface area contributed by atoms with Gasteiger partial charge in [0.05, 0.1) is 23.1 Å². The molecule has 3 aliphatic carbocycles. The zero-order chi connectivity index (χ0) is 24.2. The van der Waals surface area contributed by atoms with Crippen LogP contribution in [0.4, 0.5) is 5.13 Å². The van der Waals surface area contributed by atoms with Gasteiger partial charge in [-0.1, -0.05) is 60.7 Å². The number of thiazole rings is 1. The average Bonchev–Trinajstić information content (AvgIpc) is 3.31. The molecular formula is C29H25ClN2O2S. The number of benzene rings is 3. The summed E-state index contributed by atoms with van der Waals surface area (Å²) in [4.78, 5) is 17.8. The Kier molecular flexibility index (Phi) is 5.24. The van der Waals surface area contributed by atoms with E-state index >= 15 is 0 Å². The molecule has 3 aromatic carbocycles. The van der Waals surface area contributed by atoms with Crippen LogP contribution in [0.25, 0.3) is 0 Å². The first-order valence-electron chi connectivity index (χ1n) is 11.7. The minimum absolute atomic E-state index is 0.0399. The molecule has 1 N–H and O–H groups in total. The molecule has 1 aromatic heterocycles. The van der Waals surface area contributed by atoms with Crippen molar-refractivity contribution in [3.63, 3.8) is 0 Å². The number of nitrogens with one attached hydrogen (secondary N) is 1. The highest BCUT2D eigenvalue weighted by atomic mass is 35.5. The van der Waals surface area contributed by atoms with Gasteiger partial charge in [0.2, 0.25) is 5.91 Å². The number of amides is 1. The molecule has 4 nitrogen and oxygen atoms in total. The fourth-order valence-corrected chi connectivity index (χ4v) is 7.19. The summed E-state index contributed by atoms with van der Waals surface area (Å²) >= 11 is 8.86. The number of hydrogen-bond donors (Lipinski definition) is 1. The second kappa shape index (κ2) is 8.21. The predicted molar refractivity (Wildman–Crippen MR) is 141 cm³/mol. The Hall–Kier alpha value is -3.15. The Morgan fingerprint density at radius 3 is 2.31 bits per heavy atom. The van der Waals surface area contributed by atoms with E-state index in [1.807, 2.05) is 60.8 Å². The lowest BCUT2D eigenvalue weighted by molar-refractivity contribution is -0.127. The molecule has 2 bridgehead atoms. The molecule has 0 saturated heterocycles. The second-order valence-corrected chi connectivity index (χ2v) is 11.1. The molecule has 1 atom stereocenters. The first-order chi connectivity index (χ1) is 16.9. The van der Waals surface area contributed by atoms with Gasteiger partial charge in [-0.15, -0.1) is 22.9 Å². The van der Waals surface area contributed by atoms with E-state index in [-0.39, 0.29) is 11.8 Å². The molecule has 7 rings (SSSR count). The molecule has 4 aromatic rings. The van der Waals surface area contributed by atoms with Gasteiger partial charge in [-0.25, -0.2) is 4.98 Å². The predicted octanol–water partition coefficient (Wildman–Crippen LogP) is 6.72. The van der Waals surface area contributed by atoms with Crippen molar-refractivity contribution in [3.8, 4) is 5.75 Å². The third-order valence-corrected chi connectivity index (χ3v) is 8.83. The van der Waals surface area contributed by atoms with Gasteiger partial charge < -0.3 is 10.1 Å². The lowest BCUT2D eigenvalue weighted by atomic mass is 9.52. The molecule has 0 aliphatic heterocycles. The third kappa shape index (κ3) is 3.48. The van der Waals surface area contributed by atoms with Gasteiger partial charge in [-0.2, -0.15) is 0 Å². The van der Waals surface area contributed by atoms with Crippen molar-refractivity contribution in [1.82, 2.24) is 4.98 Å². The molecule has 0 radical (unpaired) electrons. The molecule has 6 heteroatoms. The number of nitrogens with zero attached hydrogens (tertiary/aromatic N) is 1. The number of halogens is 1. The fourth-order valence-electron chi connectivity index (χ4n) is 5.87. The van der Waals surface area contributed by atoms with Crippen molar-refractivity contribution in [3.05, 3.63) is 112 Å². The van der Waals surface area contributed by atoms with E-state index in [1.165, 1.54) is 11.3 Å². The van der Waals surface area contributed by atoms with Crippen LogP contribution in [0.1, 0.15) is 52.8 Å². The quantitative estimate of drug-likeness (QED) is 0.309. The van der Waals surface area contributed by atoms with Gasteiger partial charge in [0, 0.05) is 17.7 Å². The van der Waals surface area contributed by atoms with Crippen molar-refractivity contribution < 1.29 is 9.53 Å². The summed E-state index contributed by atoms with van der Waals surface area (Å²) in [5.41, 5.74) is 5.89. The van der Waals surface area contributed by atoms with Crippen LogP contribution in [0.5, 0.6) is 5.75 Å². The fraction of sp³-hybridized carbons (Fsp3) is 0.241. The SMILES string of the molecule is COc1ccc(Cc2csc(NC(=O)C3(C)CC4(Cl)c5ccccc5C3c3ccccc34)n2)cc1. The molecule has 0 saturated carbocycles. The first-order valence-corrected chi connectivity index (χ1v) is 12.9. The van der Waals surface area contributed by atoms with Crippen molar-refractivity contribution in [2.45, 2.75) is 30.6 Å². The average molecular weight is 501 g/mol. The summed E-state index contributed by atoms with van der Waals surface area (Å²) in [7, 11) is 1.66. The van der Waals surface area contributed by atoms with Crippen LogP contribution >= 0.6 is 22.9 Å². The van der Waals surface area contributed by atoms with Gasteiger partial charge in [0.25, 0.3) is 0 Å². The number of methoxy groups -OCH3 is 1. The monoisotopic (exact) mass is 500 g/mol. The highest BCUT2D eigenvalue weighted by Gasteiger charge is 2.60. The number of fused-ring (bicyclic) bond motifs is 1. The van der Waals surface area contributed by atoms with Crippen LogP contribution in [-0.2, 0) is 16.1 Å². The van der Waals surface area contributed by atoms with Crippen LogP contribution in [0.15, 0.2) is 78.2 Å². The Labute approximate surface area is 213 Å². The van der Waals surface area contributed by atoms with Crippen molar-refractivity contribution in [1.29, 1.82) is 0 Å². The molecule has 1 unspecified atom stereocenters. The number of anilines is 1. The zero-order valence-electron chi connectivity index (χ0n) is 19.5. The van der Waals surface area contributed by atoms with Crippen LogP contribution in [-0.4, -0.2) is 18.0 Å². The topological polar surface area (TPSA) is 51.2 Å². The molecule has 1 amide bonds. The Balaban J connectivity index is 1.29. The van der Waals surface area contributed by atoms with Crippen LogP contribution in [0, 0.1) is 5.41 Å². The van der Waals surface area contributed by atoms with Gasteiger partial charge in [-0.3, -0.25) is 4.79 Å². The van der Waals surface area contributed by atoms with E-state index in [9.17, 15) is 4.79 Å². The molecular weight excluding hydrogens is 476 g/mol. The van der Waals surface area contributed by atoms with Crippen LogP contribution < -0.4 is 10.1 Å². The highest BCUT2D eigenvalue weighted by Crippen LogP contribution is 2.65. The van der Waals surface area contributed by atoms with Gasteiger partial charge >= 0.3 is 0 Å². The molecule has 0 spiro atoms. The minimum atomic E-state index is -0.726. The van der Waals surface area contributed by atoms with E-state index in [1.54, 1.807) is 7.11 Å². The highest BCUT2D eigenvalue weighted by molar-refractivity contribution is 7.13. The number of hydrogen-bond acceptors (Lipinski definition) is 4. The Morgan fingerprint density at radius 1 is 1.06 bits per heavy atom. The molecule has 35 heavy (non-hydrogen) atoms. The summed E-state index contributed by atoms with van der Waals surface area (Å²) in [6, 6.07) is 24.5. The number of carbonyl (C=O) groups is 1. The van der Waals surface area contributed by atoms with Gasteiger partial charge in [0.15, 0.2) is 5.13 Å². The summed E-state index contributed by atoms with van der Waals surface area (Å²) in [6.45, 7) is 2.04. The Bertz CT molecular complexity index is 1380. The van der Waals surface area contributed by atoms with Crippen molar-refractivity contribution >= 4 is 34.0 Å². The summed E-state index contributed by atoms with van der Waals surface area (Å²) in [5.74, 6) is 0.728. The number of aromatic nitrogens is 1. The normalized spacial score (nSPS) is 23.9. The lowest BCUT2D eigenvalue weighted by Crippen LogP contribution is -2.52. The van der Waals surface area contributed by atoms with E-state index in [4.69, 9.17) is 21.3 Å². The van der Waals surface area contributed by atoms with Crippen molar-refractivity contribution in [2.24, 2.45) is 5.41 Å². The summed E-state index contributed by atoms with van der Waals surface area (Å²) in [6.07, 6.45) is 1.23. The third-order valence-electron chi connectivity index (χ3n) is 7.48. The maximum atomic E-state index is 13.9. The number of carbonyl (C=O) groups excluding carboxylic acids is 1. The molecule has 176 valence electrons. The standard InChI is InChI=1S/C29H25ClN2O2S/c1-28(26(33)32-27-31-19(16-35-27)15-18-11-13-20(34-2)14-12-18)17-29(30)23-9-5-3-7-21(23)25(28)22-8-4-6-10-24(22)29/h3-14,16,25H,15,17H2,1-2H3,(H,31,32,33). The second-order valence-electron chi connectivity index (χ2n) is 9.63. The number of rotatable bonds is 5. The Morgan fingerprint density at radius 2 is 1.69 bits per heavy atom. The van der Waals surface area contributed by atoms with E-state index in [0.29, 0.717) is 18.0 Å². The summed E-state index contributed by atoms with van der Waals surface area (Å²) < 4.78 is 5.24. The number of ether oxygens (including phenoxy) is 1. The maximum Gasteiger partial charge on any atom is 0.233 e. The van der Waals surface area contributed by atoms with Gasteiger partial charge in [0.1, 0.15) is 5.75 Å². The molecule has 1 heterocycles. The van der Waals surface area contributed by atoms with Crippen LogP contribution in [0.3, 0.4) is 0 Å². The smallest absolute Gasteiger partial charge is 0.233 e. The van der Waals surface area contributed by atoms with E-state index < -0.39 is 10.3 Å².